The molecule has 0 bridgehead atoms. The number of nitrogens with one attached hydrogen (secondary N) is 1. The van der Waals surface area contributed by atoms with Gasteiger partial charge in [-0.15, -0.1) is 11.3 Å². The van der Waals surface area contributed by atoms with Crippen molar-refractivity contribution in [2.45, 2.75) is 26.2 Å². The van der Waals surface area contributed by atoms with Crippen LogP contribution in [0, 0.1) is 12.7 Å². The van der Waals surface area contributed by atoms with Crippen LogP contribution in [0.3, 0.4) is 0 Å². The van der Waals surface area contributed by atoms with E-state index < -0.39 is 0 Å². The third kappa shape index (κ3) is 4.25. The van der Waals surface area contributed by atoms with Crippen molar-refractivity contribution in [1.82, 2.24) is 0 Å². The molecule has 2 heterocycles. The average Bonchev–Trinajstić information content (AvgIpc) is 2.97. The molecule has 0 aliphatic carbocycles. The first kappa shape index (κ1) is 20.6. The zero-order chi connectivity index (χ0) is 21.3. The van der Waals surface area contributed by atoms with Gasteiger partial charge < -0.3 is 10.2 Å². The van der Waals surface area contributed by atoms with Crippen LogP contribution in [-0.4, -0.2) is 18.4 Å². The molecule has 4 nitrogen and oxygen atoms in total. The first-order valence-electron chi connectivity index (χ1n) is 9.70. The number of aryl methyl sites for hydroxylation is 2. The van der Waals surface area contributed by atoms with Gasteiger partial charge >= 0.3 is 0 Å². The summed E-state index contributed by atoms with van der Waals surface area (Å²) in [6.07, 6.45) is 2.90. The Hall–Kier alpha value is -2.70. The van der Waals surface area contributed by atoms with Crippen LogP contribution < -0.4 is 10.2 Å². The second kappa shape index (κ2) is 8.58. The van der Waals surface area contributed by atoms with Crippen LogP contribution in [0.15, 0.2) is 48.5 Å². The number of rotatable bonds is 3. The van der Waals surface area contributed by atoms with Crippen LogP contribution in [0.1, 0.15) is 44.0 Å². The fourth-order valence-corrected chi connectivity index (χ4v) is 4.92. The van der Waals surface area contributed by atoms with Crippen molar-refractivity contribution in [1.29, 1.82) is 0 Å². The number of fused-ring (bicyclic) bond motifs is 1. The SMILES string of the molecule is Cc1cc(F)ccc1C(=O)Nc1ccc(C(=O)N2CCCCc3sc(Cl)cc32)cc1. The van der Waals surface area contributed by atoms with Gasteiger partial charge in [-0.2, -0.15) is 0 Å². The average molecular weight is 443 g/mol. The molecule has 0 saturated heterocycles. The van der Waals surface area contributed by atoms with E-state index in [1.165, 1.54) is 29.5 Å². The molecule has 1 N–H and O–H groups in total. The van der Waals surface area contributed by atoms with Crippen LogP contribution in [0.25, 0.3) is 0 Å². The molecular weight excluding hydrogens is 423 g/mol. The summed E-state index contributed by atoms with van der Waals surface area (Å²) < 4.78 is 13.9. The molecule has 1 aromatic heterocycles. The van der Waals surface area contributed by atoms with Gasteiger partial charge in [-0.05, 0) is 80.3 Å². The second-order valence-electron chi connectivity index (χ2n) is 7.26. The van der Waals surface area contributed by atoms with Gasteiger partial charge in [-0.1, -0.05) is 11.6 Å². The highest BCUT2D eigenvalue weighted by Crippen LogP contribution is 2.37. The molecule has 0 saturated carbocycles. The summed E-state index contributed by atoms with van der Waals surface area (Å²) in [7, 11) is 0. The molecule has 0 spiro atoms. The van der Waals surface area contributed by atoms with E-state index in [0.717, 1.165) is 29.8 Å². The van der Waals surface area contributed by atoms with Crippen LogP contribution in [-0.2, 0) is 6.42 Å². The normalized spacial score (nSPS) is 13.5. The molecule has 0 atom stereocenters. The number of benzene rings is 2. The van der Waals surface area contributed by atoms with Crippen molar-refractivity contribution >= 4 is 46.1 Å². The number of hydrogen-bond donors (Lipinski definition) is 1. The largest absolute Gasteiger partial charge is 0.322 e. The Morgan fingerprint density at radius 1 is 1.10 bits per heavy atom. The molecule has 2 aromatic carbocycles. The highest BCUT2D eigenvalue weighted by molar-refractivity contribution is 7.16. The molecule has 4 rings (SSSR count). The van der Waals surface area contributed by atoms with Crippen molar-refractivity contribution in [3.05, 3.63) is 80.3 Å². The maximum Gasteiger partial charge on any atom is 0.258 e. The third-order valence-corrected chi connectivity index (χ3v) is 6.46. The Morgan fingerprint density at radius 2 is 1.87 bits per heavy atom. The summed E-state index contributed by atoms with van der Waals surface area (Å²) in [6, 6.07) is 12.7. The van der Waals surface area contributed by atoms with Crippen molar-refractivity contribution in [2.75, 3.05) is 16.8 Å². The summed E-state index contributed by atoms with van der Waals surface area (Å²) in [5.74, 6) is -0.785. The first-order chi connectivity index (χ1) is 14.4. The smallest absolute Gasteiger partial charge is 0.258 e. The first-order valence-corrected chi connectivity index (χ1v) is 10.9. The van der Waals surface area contributed by atoms with E-state index in [2.05, 4.69) is 5.32 Å². The molecule has 2 amide bonds. The van der Waals surface area contributed by atoms with Gasteiger partial charge in [0, 0.05) is 28.2 Å². The minimum Gasteiger partial charge on any atom is -0.322 e. The molecule has 1 aliphatic heterocycles. The predicted molar refractivity (Wildman–Crippen MR) is 119 cm³/mol. The zero-order valence-electron chi connectivity index (χ0n) is 16.4. The molecule has 1 aliphatic rings. The number of thiophene rings is 1. The van der Waals surface area contributed by atoms with E-state index in [9.17, 15) is 14.0 Å². The lowest BCUT2D eigenvalue weighted by Gasteiger charge is -2.21. The Kier molecular flexibility index (Phi) is 5.88. The van der Waals surface area contributed by atoms with E-state index >= 15 is 0 Å². The molecule has 7 heteroatoms. The van der Waals surface area contributed by atoms with Crippen LogP contribution in [0.4, 0.5) is 15.8 Å². The maximum absolute atomic E-state index is 13.3. The van der Waals surface area contributed by atoms with Crippen LogP contribution in [0.5, 0.6) is 0 Å². The van der Waals surface area contributed by atoms with E-state index in [0.29, 0.717) is 33.3 Å². The van der Waals surface area contributed by atoms with Crippen molar-refractivity contribution in [2.24, 2.45) is 0 Å². The number of amides is 2. The lowest BCUT2D eigenvalue weighted by Crippen LogP contribution is -2.31. The number of anilines is 2. The molecular formula is C23H20ClFN2O2S. The quantitative estimate of drug-likeness (QED) is 0.534. The standard InChI is InChI=1S/C23H20ClFN2O2S/c1-14-12-16(25)7-10-18(14)22(28)26-17-8-5-15(6-9-17)23(29)27-11-3-2-4-20-19(27)13-21(24)30-20/h5-10,12-13H,2-4,11H2,1H3,(H,26,28). The van der Waals surface area contributed by atoms with E-state index in [1.807, 2.05) is 6.07 Å². The Bertz CT molecular complexity index is 1110. The minimum atomic E-state index is -0.379. The highest BCUT2D eigenvalue weighted by Gasteiger charge is 2.24. The van der Waals surface area contributed by atoms with Crippen LogP contribution >= 0.6 is 22.9 Å². The summed E-state index contributed by atoms with van der Waals surface area (Å²) in [6.45, 7) is 2.34. The Balaban J connectivity index is 1.51. The Labute approximate surface area is 183 Å². The van der Waals surface area contributed by atoms with E-state index in [4.69, 9.17) is 11.6 Å². The monoisotopic (exact) mass is 442 g/mol. The number of carbonyl (C=O) groups excluding carboxylic acids is 2. The van der Waals surface area contributed by atoms with Crippen LogP contribution in [0.2, 0.25) is 4.34 Å². The van der Waals surface area contributed by atoms with Crippen molar-refractivity contribution in [3.8, 4) is 0 Å². The van der Waals surface area contributed by atoms with Crippen molar-refractivity contribution < 1.29 is 14.0 Å². The molecule has 30 heavy (non-hydrogen) atoms. The molecule has 154 valence electrons. The summed E-state index contributed by atoms with van der Waals surface area (Å²) in [5, 5.41) is 2.79. The van der Waals surface area contributed by atoms with E-state index in [1.54, 1.807) is 36.1 Å². The van der Waals surface area contributed by atoms with Gasteiger partial charge in [0.15, 0.2) is 0 Å². The van der Waals surface area contributed by atoms with Gasteiger partial charge in [0.2, 0.25) is 0 Å². The predicted octanol–water partition coefficient (Wildman–Crippen LogP) is 6.08. The fourth-order valence-electron chi connectivity index (χ4n) is 3.61. The van der Waals surface area contributed by atoms with E-state index in [-0.39, 0.29) is 17.6 Å². The second-order valence-corrected chi connectivity index (χ2v) is 9.03. The number of hydrogen-bond acceptors (Lipinski definition) is 3. The summed E-state index contributed by atoms with van der Waals surface area (Å²) in [4.78, 5) is 28.5. The van der Waals surface area contributed by atoms with Gasteiger partial charge in [-0.25, -0.2) is 4.39 Å². The highest BCUT2D eigenvalue weighted by atomic mass is 35.5. The number of carbonyl (C=O) groups is 2. The molecule has 0 radical (unpaired) electrons. The summed E-state index contributed by atoms with van der Waals surface area (Å²) in [5.41, 5.74) is 2.97. The summed E-state index contributed by atoms with van der Waals surface area (Å²) >= 11 is 7.71. The zero-order valence-corrected chi connectivity index (χ0v) is 17.9. The third-order valence-electron chi connectivity index (χ3n) is 5.15. The van der Waals surface area contributed by atoms with Gasteiger partial charge in [0.1, 0.15) is 5.82 Å². The minimum absolute atomic E-state index is 0.0835. The number of nitrogens with zero attached hydrogens (tertiary/aromatic N) is 1. The fraction of sp³-hybridized carbons (Fsp3) is 0.217. The Morgan fingerprint density at radius 3 is 2.60 bits per heavy atom. The molecule has 0 fully saturated rings. The molecule has 0 unspecified atom stereocenters. The lowest BCUT2D eigenvalue weighted by atomic mass is 10.1. The topological polar surface area (TPSA) is 49.4 Å². The molecule has 3 aromatic rings. The number of halogens is 2. The van der Waals surface area contributed by atoms with Gasteiger partial charge in [0.25, 0.3) is 11.8 Å². The van der Waals surface area contributed by atoms with Crippen molar-refractivity contribution in [3.63, 3.8) is 0 Å². The maximum atomic E-state index is 13.3. The van der Waals surface area contributed by atoms with Gasteiger partial charge in [-0.3, -0.25) is 9.59 Å². The lowest BCUT2D eigenvalue weighted by molar-refractivity contribution is 0.0985. The van der Waals surface area contributed by atoms with Gasteiger partial charge in [0.05, 0.1) is 10.0 Å².